The van der Waals surface area contributed by atoms with Gasteiger partial charge < -0.3 is 10.0 Å². The minimum absolute atomic E-state index is 0.265. The first-order valence-electron chi connectivity index (χ1n) is 8.84. The maximum Gasteiger partial charge on any atom is 0.0890 e. The summed E-state index contributed by atoms with van der Waals surface area (Å²) in [5.41, 5.74) is 3.97. The number of aromatic nitrogens is 2. The molecular formula is C19H28N4O. The van der Waals surface area contributed by atoms with Crippen molar-refractivity contribution in [3.8, 4) is 0 Å². The van der Waals surface area contributed by atoms with Crippen molar-refractivity contribution < 1.29 is 5.11 Å². The van der Waals surface area contributed by atoms with Gasteiger partial charge in [0.15, 0.2) is 0 Å². The van der Waals surface area contributed by atoms with Crippen LogP contribution in [0.25, 0.3) is 11.0 Å². The number of nitrogens with zero attached hydrogens (tertiary/aromatic N) is 4. The molecule has 0 amide bonds. The fourth-order valence-electron chi connectivity index (χ4n) is 3.59. The molecule has 24 heavy (non-hydrogen) atoms. The average molecular weight is 328 g/mol. The summed E-state index contributed by atoms with van der Waals surface area (Å²) in [6, 6.07) is 8.03. The van der Waals surface area contributed by atoms with Crippen molar-refractivity contribution in [1.29, 1.82) is 0 Å². The molecular weight excluding hydrogens is 300 g/mol. The van der Waals surface area contributed by atoms with Gasteiger partial charge in [-0.1, -0.05) is 19.1 Å². The van der Waals surface area contributed by atoms with Crippen molar-refractivity contribution in [2.45, 2.75) is 20.4 Å². The van der Waals surface area contributed by atoms with E-state index >= 15 is 0 Å². The number of hydrogen-bond acceptors (Lipinski definition) is 5. The second-order valence-corrected chi connectivity index (χ2v) is 7.00. The number of rotatable bonds is 6. The van der Waals surface area contributed by atoms with Crippen LogP contribution in [0.1, 0.15) is 18.3 Å². The summed E-state index contributed by atoms with van der Waals surface area (Å²) in [7, 11) is 2.15. The van der Waals surface area contributed by atoms with Gasteiger partial charge in [-0.3, -0.25) is 4.90 Å². The topological polar surface area (TPSA) is 52.5 Å². The lowest BCUT2D eigenvalue weighted by atomic mass is 9.96. The van der Waals surface area contributed by atoms with Crippen LogP contribution in [0, 0.1) is 18.8 Å². The number of aryl methyl sites for hydroxylation is 1. The molecule has 5 heteroatoms. The quantitative estimate of drug-likeness (QED) is 0.878. The first-order valence-corrected chi connectivity index (χ1v) is 8.84. The Morgan fingerprint density at radius 2 is 1.83 bits per heavy atom. The molecule has 0 aliphatic carbocycles. The zero-order valence-corrected chi connectivity index (χ0v) is 14.9. The molecule has 5 nitrogen and oxygen atoms in total. The lowest BCUT2D eigenvalue weighted by Crippen LogP contribution is -2.31. The molecule has 2 atom stereocenters. The highest BCUT2D eigenvalue weighted by atomic mass is 16.3. The Kier molecular flexibility index (Phi) is 5.43. The molecule has 2 aromatic rings. The molecule has 1 N–H and O–H groups in total. The number of likely N-dealkylation sites (tertiary alicyclic amines) is 1. The van der Waals surface area contributed by atoms with Gasteiger partial charge in [-0.15, -0.1) is 0 Å². The number of aliphatic hydroxyl groups excluding tert-OH is 1. The van der Waals surface area contributed by atoms with Crippen LogP contribution in [-0.4, -0.2) is 64.7 Å². The van der Waals surface area contributed by atoms with E-state index in [1.54, 1.807) is 0 Å². The minimum Gasteiger partial charge on any atom is -0.396 e. The standard InChI is InChI=1S/C19H28N4O/c1-4-22(3)9-15-10-23(11-16(15)13-24)12-19-14(2)20-17-7-5-6-8-18(17)21-19/h5-8,15-16,24H,4,9-13H2,1-3H3/t15-,16-/m1/s1. The second kappa shape index (κ2) is 7.55. The number of benzene rings is 1. The Morgan fingerprint density at radius 3 is 2.50 bits per heavy atom. The fourth-order valence-corrected chi connectivity index (χ4v) is 3.59. The van der Waals surface area contributed by atoms with E-state index in [1.165, 1.54) is 0 Å². The average Bonchev–Trinajstić information content (AvgIpc) is 2.96. The van der Waals surface area contributed by atoms with Gasteiger partial charge in [-0.05, 0) is 44.5 Å². The summed E-state index contributed by atoms with van der Waals surface area (Å²) >= 11 is 0. The van der Waals surface area contributed by atoms with Gasteiger partial charge in [0, 0.05) is 32.8 Å². The van der Waals surface area contributed by atoms with E-state index in [-0.39, 0.29) is 6.61 Å². The third-order valence-corrected chi connectivity index (χ3v) is 5.19. The van der Waals surface area contributed by atoms with E-state index in [2.05, 4.69) is 23.8 Å². The van der Waals surface area contributed by atoms with Crippen LogP contribution in [0.2, 0.25) is 0 Å². The third kappa shape index (κ3) is 3.74. The van der Waals surface area contributed by atoms with Crippen molar-refractivity contribution in [1.82, 2.24) is 19.8 Å². The van der Waals surface area contributed by atoms with E-state index in [1.807, 2.05) is 31.2 Å². The summed E-state index contributed by atoms with van der Waals surface area (Å²) in [4.78, 5) is 14.3. The molecule has 1 aliphatic rings. The summed E-state index contributed by atoms with van der Waals surface area (Å²) in [5.74, 6) is 0.876. The molecule has 1 saturated heterocycles. The highest BCUT2D eigenvalue weighted by Gasteiger charge is 2.33. The maximum absolute atomic E-state index is 9.73. The Bertz CT molecular complexity index is 690. The van der Waals surface area contributed by atoms with Crippen LogP contribution in [0.15, 0.2) is 24.3 Å². The fraction of sp³-hybridized carbons (Fsp3) is 0.579. The molecule has 1 aromatic carbocycles. The first kappa shape index (κ1) is 17.3. The van der Waals surface area contributed by atoms with Crippen LogP contribution >= 0.6 is 0 Å². The van der Waals surface area contributed by atoms with Crippen LogP contribution < -0.4 is 0 Å². The van der Waals surface area contributed by atoms with Crippen molar-refractivity contribution in [3.63, 3.8) is 0 Å². The molecule has 0 bridgehead atoms. The third-order valence-electron chi connectivity index (χ3n) is 5.19. The Morgan fingerprint density at radius 1 is 1.17 bits per heavy atom. The normalized spacial score (nSPS) is 21.9. The van der Waals surface area contributed by atoms with Gasteiger partial charge >= 0.3 is 0 Å². The number of aliphatic hydroxyl groups is 1. The van der Waals surface area contributed by atoms with E-state index in [0.29, 0.717) is 11.8 Å². The van der Waals surface area contributed by atoms with E-state index < -0.39 is 0 Å². The summed E-state index contributed by atoms with van der Waals surface area (Å²) < 4.78 is 0. The van der Waals surface area contributed by atoms with Crippen molar-refractivity contribution in [2.24, 2.45) is 11.8 Å². The lowest BCUT2D eigenvalue weighted by Gasteiger charge is -2.22. The van der Waals surface area contributed by atoms with Gasteiger partial charge in [-0.2, -0.15) is 0 Å². The molecule has 0 radical (unpaired) electrons. The van der Waals surface area contributed by atoms with Gasteiger partial charge in [0.05, 0.1) is 22.4 Å². The first-order chi connectivity index (χ1) is 11.6. The largest absolute Gasteiger partial charge is 0.396 e. The highest BCUT2D eigenvalue weighted by Crippen LogP contribution is 2.26. The summed E-state index contributed by atoms with van der Waals surface area (Å²) in [6.07, 6.45) is 0. The molecule has 3 rings (SSSR count). The lowest BCUT2D eigenvalue weighted by molar-refractivity contribution is 0.177. The van der Waals surface area contributed by atoms with Gasteiger partial charge in [0.25, 0.3) is 0 Å². The highest BCUT2D eigenvalue weighted by molar-refractivity contribution is 5.74. The van der Waals surface area contributed by atoms with Crippen molar-refractivity contribution in [3.05, 3.63) is 35.7 Å². The van der Waals surface area contributed by atoms with Crippen molar-refractivity contribution in [2.75, 3.05) is 39.8 Å². The van der Waals surface area contributed by atoms with E-state index in [9.17, 15) is 5.11 Å². The maximum atomic E-state index is 9.73. The van der Waals surface area contributed by atoms with Crippen LogP contribution in [0.5, 0.6) is 0 Å². The SMILES string of the molecule is CCN(C)C[C@@H]1CN(Cc2nc3ccccc3nc2C)C[C@@H]1CO. The van der Waals surface area contributed by atoms with Gasteiger partial charge in [0.1, 0.15) is 0 Å². The summed E-state index contributed by atoms with van der Waals surface area (Å²) in [5, 5.41) is 9.73. The zero-order valence-electron chi connectivity index (χ0n) is 14.9. The Hall–Kier alpha value is -1.56. The molecule has 2 heterocycles. The number of hydrogen-bond donors (Lipinski definition) is 1. The Balaban J connectivity index is 1.73. The minimum atomic E-state index is 0.265. The molecule has 1 fully saturated rings. The smallest absolute Gasteiger partial charge is 0.0890 e. The second-order valence-electron chi connectivity index (χ2n) is 7.00. The number of para-hydroxylation sites is 2. The van der Waals surface area contributed by atoms with Crippen LogP contribution in [0.4, 0.5) is 0 Å². The van der Waals surface area contributed by atoms with Gasteiger partial charge in [0.2, 0.25) is 0 Å². The monoisotopic (exact) mass is 328 g/mol. The van der Waals surface area contributed by atoms with Gasteiger partial charge in [-0.25, -0.2) is 9.97 Å². The zero-order chi connectivity index (χ0) is 17.1. The summed E-state index contributed by atoms with van der Waals surface area (Å²) in [6.45, 7) is 9.33. The predicted octanol–water partition coefficient (Wildman–Crippen LogP) is 1.93. The molecule has 130 valence electrons. The van der Waals surface area contributed by atoms with Crippen molar-refractivity contribution >= 4 is 11.0 Å². The molecule has 1 aromatic heterocycles. The molecule has 0 spiro atoms. The molecule has 0 saturated carbocycles. The Labute approximate surface area is 144 Å². The van der Waals surface area contributed by atoms with Crippen LogP contribution in [-0.2, 0) is 6.54 Å². The predicted molar refractivity (Wildman–Crippen MR) is 96.8 cm³/mol. The van der Waals surface area contributed by atoms with E-state index in [0.717, 1.165) is 55.1 Å². The molecule has 0 unspecified atom stereocenters. The van der Waals surface area contributed by atoms with Crippen LogP contribution in [0.3, 0.4) is 0 Å². The van der Waals surface area contributed by atoms with E-state index in [4.69, 9.17) is 9.97 Å². The number of fused-ring (bicyclic) bond motifs is 1. The molecule has 1 aliphatic heterocycles.